The third-order valence-corrected chi connectivity index (χ3v) is 5.29. The minimum atomic E-state index is 0.0438. The van der Waals surface area contributed by atoms with Gasteiger partial charge in [-0.15, -0.1) is 11.3 Å². The number of fused-ring (bicyclic) bond motifs is 2. The summed E-state index contributed by atoms with van der Waals surface area (Å²) in [4.78, 5) is 4.58. The number of aromatic nitrogens is 1. The van der Waals surface area contributed by atoms with Gasteiger partial charge in [-0.1, -0.05) is 24.3 Å². The Hall–Kier alpha value is -1.71. The van der Waals surface area contributed by atoms with Gasteiger partial charge in [0.15, 0.2) is 0 Å². The van der Waals surface area contributed by atoms with E-state index in [0.29, 0.717) is 5.92 Å². The molecule has 0 fully saturated rings. The molecular weight excluding hydrogens is 264 g/mol. The van der Waals surface area contributed by atoms with Crippen LogP contribution in [0.3, 0.4) is 0 Å². The van der Waals surface area contributed by atoms with Gasteiger partial charge in [0.1, 0.15) is 0 Å². The Morgan fingerprint density at radius 2 is 2.10 bits per heavy atom. The summed E-state index contributed by atoms with van der Waals surface area (Å²) in [6, 6.07) is 12.8. The first-order chi connectivity index (χ1) is 9.84. The number of thiophene rings is 1. The van der Waals surface area contributed by atoms with E-state index in [1.807, 2.05) is 12.3 Å². The first-order valence-corrected chi connectivity index (χ1v) is 7.88. The number of aryl methyl sites for hydroxylation is 1. The summed E-state index contributed by atoms with van der Waals surface area (Å²) >= 11 is 1.78. The molecule has 1 aliphatic rings. The topological polar surface area (TPSA) is 38.9 Å². The van der Waals surface area contributed by atoms with E-state index < -0.39 is 0 Å². The van der Waals surface area contributed by atoms with Gasteiger partial charge in [0.2, 0.25) is 0 Å². The quantitative estimate of drug-likeness (QED) is 0.770. The Morgan fingerprint density at radius 3 is 3.05 bits per heavy atom. The number of nitrogens with two attached hydrogens (primary N) is 1. The van der Waals surface area contributed by atoms with Gasteiger partial charge in [-0.2, -0.15) is 0 Å². The molecule has 1 aliphatic carbocycles. The van der Waals surface area contributed by atoms with Crippen molar-refractivity contribution in [3.05, 3.63) is 64.8 Å². The smallest absolute Gasteiger partial charge is 0.0485 e. The highest BCUT2D eigenvalue weighted by Gasteiger charge is 2.30. The van der Waals surface area contributed by atoms with Crippen molar-refractivity contribution in [2.24, 2.45) is 5.73 Å². The summed E-state index contributed by atoms with van der Waals surface area (Å²) in [5.74, 6) is 0.351. The van der Waals surface area contributed by atoms with Crippen LogP contribution in [-0.4, -0.2) is 4.98 Å². The average Bonchev–Trinajstić information content (AvgIpc) is 3.11. The Kier molecular flexibility index (Phi) is 2.83. The highest BCUT2D eigenvalue weighted by atomic mass is 32.1. The summed E-state index contributed by atoms with van der Waals surface area (Å²) < 4.78 is 1.32. The lowest BCUT2D eigenvalue weighted by atomic mass is 9.91. The zero-order valence-corrected chi connectivity index (χ0v) is 11.9. The molecule has 0 radical (unpaired) electrons. The van der Waals surface area contributed by atoms with E-state index in [1.165, 1.54) is 26.9 Å². The molecule has 3 heteroatoms. The number of hydrogen-bond donors (Lipinski definition) is 1. The number of benzene rings is 1. The Balaban J connectivity index is 1.77. The normalized spacial score (nSPS) is 19.1. The maximum absolute atomic E-state index is 6.59. The number of rotatable bonds is 2. The summed E-state index contributed by atoms with van der Waals surface area (Å²) in [5, 5.41) is 3.52. The molecule has 2 atom stereocenters. The van der Waals surface area contributed by atoms with Crippen LogP contribution in [0.5, 0.6) is 0 Å². The number of nitrogens with zero attached hydrogens (tertiary/aromatic N) is 1. The molecule has 0 amide bonds. The van der Waals surface area contributed by atoms with Crippen molar-refractivity contribution in [1.82, 2.24) is 4.98 Å². The molecule has 0 saturated heterocycles. The van der Waals surface area contributed by atoms with Gasteiger partial charge in [-0.3, -0.25) is 4.98 Å². The summed E-state index contributed by atoms with van der Waals surface area (Å²) in [6.45, 7) is 0. The van der Waals surface area contributed by atoms with Crippen molar-refractivity contribution in [2.75, 3.05) is 0 Å². The first-order valence-electron chi connectivity index (χ1n) is 7.00. The van der Waals surface area contributed by atoms with Crippen molar-refractivity contribution in [1.29, 1.82) is 0 Å². The van der Waals surface area contributed by atoms with Crippen LogP contribution >= 0.6 is 11.3 Å². The molecule has 2 heterocycles. The predicted molar refractivity (Wildman–Crippen MR) is 84.1 cm³/mol. The fourth-order valence-electron chi connectivity index (χ4n) is 3.27. The van der Waals surface area contributed by atoms with E-state index in [2.05, 4.69) is 40.7 Å². The van der Waals surface area contributed by atoms with Crippen LogP contribution in [0, 0.1) is 0 Å². The van der Waals surface area contributed by atoms with Crippen molar-refractivity contribution < 1.29 is 0 Å². The van der Waals surface area contributed by atoms with Gasteiger partial charge in [-0.05, 0) is 46.9 Å². The van der Waals surface area contributed by atoms with E-state index in [9.17, 15) is 0 Å². The minimum absolute atomic E-state index is 0.0438. The van der Waals surface area contributed by atoms with Crippen LogP contribution in [-0.2, 0) is 6.42 Å². The van der Waals surface area contributed by atoms with Crippen LogP contribution in [0.4, 0.5) is 0 Å². The van der Waals surface area contributed by atoms with Crippen molar-refractivity contribution >= 4 is 21.4 Å². The molecule has 0 saturated carbocycles. The minimum Gasteiger partial charge on any atom is -0.323 e. The number of hydrogen-bond acceptors (Lipinski definition) is 3. The third kappa shape index (κ3) is 1.78. The maximum Gasteiger partial charge on any atom is 0.0485 e. The fourth-order valence-corrected chi connectivity index (χ4v) is 4.27. The number of pyridine rings is 1. The van der Waals surface area contributed by atoms with Crippen LogP contribution in [0.2, 0.25) is 0 Å². The largest absolute Gasteiger partial charge is 0.323 e. The zero-order valence-electron chi connectivity index (χ0n) is 11.1. The van der Waals surface area contributed by atoms with Crippen LogP contribution in [0.25, 0.3) is 10.1 Å². The molecule has 1 aromatic carbocycles. The summed E-state index contributed by atoms with van der Waals surface area (Å²) in [6.07, 6.45) is 4.09. The molecule has 4 rings (SSSR count). The molecule has 0 aliphatic heterocycles. The molecule has 2 nitrogen and oxygen atoms in total. The molecular formula is C17H16N2S. The van der Waals surface area contributed by atoms with Gasteiger partial charge < -0.3 is 5.73 Å². The third-order valence-electron chi connectivity index (χ3n) is 4.31. The highest BCUT2D eigenvalue weighted by molar-refractivity contribution is 7.17. The molecule has 0 spiro atoms. The second-order valence-corrected chi connectivity index (χ2v) is 6.32. The Bertz CT molecular complexity index is 762. The van der Waals surface area contributed by atoms with Crippen molar-refractivity contribution in [2.45, 2.75) is 24.8 Å². The molecule has 0 bridgehead atoms. The van der Waals surface area contributed by atoms with E-state index in [-0.39, 0.29) is 6.04 Å². The Labute approximate surface area is 122 Å². The molecule has 2 unspecified atom stereocenters. The molecule has 20 heavy (non-hydrogen) atoms. The molecule has 3 aromatic rings. The van der Waals surface area contributed by atoms with Crippen LogP contribution in [0.1, 0.15) is 35.2 Å². The van der Waals surface area contributed by atoms with Crippen LogP contribution in [0.15, 0.2) is 48.0 Å². The summed E-state index contributed by atoms with van der Waals surface area (Å²) in [7, 11) is 0. The lowest BCUT2D eigenvalue weighted by Crippen LogP contribution is -2.18. The average molecular weight is 280 g/mol. The van der Waals surface area contributed by atoms with E-state index in [4.69, 9.17) is 5.73 Å². The standard InChI is InChI=1S/C17H16N2S/c18-16(13-8-7-11-4-3-9-19-17(11)13)14-10-20-15-6-2-1-5-12(14)15/h1-6,9-10,13,16H,7-8,18H2. The molecule has 2 aromatic heterocycles. The van der Waals surface area contributed by atoms with Crippen molar-refractivity contribution in [3.8, 4) is 0 Å². The van der Waals surface area contributed by atoms with E-state index in [1.54, 1.807) is 11.3 Å². The van der Waals surface area contributed by atoms with Gasteiger partial charge in [0, 0.05) is 28.6 Å². The predicted octanol–water partition coefficient (Wildman–Crippen LogP) is 4.03. The molecule has 100 valence electrons. The monoisotopic (exact) mass is 280 g/mol. The van der Waals surface area contributed by atoms with Crippen molar-refractivity contribution in [3.63, 3.8) is 0 Å². The Morgan fingerprint density at radius 1 is 1.20 bits per heavy atom. The van der Waals surface area contributed by atoms with Gasteiger partial charge in [0.05, 0.1) is 0 Å². The van der Waals surface area contributed by atoms with E-state index >= 15 is 0 Å². The lowest BCUT2D eigenvalue weighted by Gasteiger charge is -2.19. The zero-order chi connectivity index (χ0) is 13.5. The molecule has 2 N–H and O–H groups in total. The fraction of sp³-hybridized carbons (Fsp3) is 0.235. The maximum atomic E-state index is 6.59. The highest BCUT2D eigenvalue weighted by Crippen LogP contribution is 2.42. The summed E-state index contributed by atoms with van der Waals surface area (Å²) in [5.41, 5.74) is 10.4. The first kappa shape index (κ1) is 12.1. The van der Waals surface area contributed by atoms with Crippen LogP contribution < -0.4 is 5.73 Å². The van der Waals surface area contributed by atoms with Gasteiger partial charge in [-0.25, -0.2) is 0 Å². The second-order valence-electron chi connectivity index (χ2n) is 5.41. The van der Waals surface area contributed by atoms with Gasteiger partial charge in [0.25, 0.3) is 0 Å². The van der Waals surface area contributed by atoms with Gasteiger partial charge >= 0.3 is 0 Å². The van der Waals surface area contributed by atoms with E-state index in [0.717, 1.165) is 12.8 Å². The second kappa shape index (κ2) is 4.69. The lowest BCUT2D eigenvalue weighted by molar-refractivity contribution is 0.545. The SMILES string of the molecule is NC(c1csc2ccccc12)C1CCc2cccnc21.